The Morgan fingerprint density at radius 1 is 0.879 bits per heavy atom. The summed E-state index contributed by atoms with van der Waals surface area (Å²) in [5.41, 5.74) is 3.17. The van der Waals surface area contributed by atoms with Crippen molar-refractivity contribution in [2.45, 2.75) is 31.4 Å². The van der Waals surface area contributed by atoms with Gasteiger partial charge in [0, 0.05) is 12.4 Å². The smallest absolute Gasteiger partial charge is 0.240 e. The molecular formula is C27H28N4O2. The zero-order chi connectivity index (χ0) is 22.5. The quantitative estimate of drug-likeness (QED) is 0.453. The van der Waals surface area contributed by atoms with Crippen molar-refractivity contribution in [2.24, 2.45) is 5.92 Å². The van der Waals surface area contributed by atoms with E-state index in [1.54, 1.807) is 12.4 Å². The summed E-state index contributed by atoms with van der Waals surface area (Å²) in [4.78, 5) is 11.2. The van der Waals surface area contributed by atoms with E-state index in [1.807, 2.05) is 48.5 Å². The van der Waals surface area contributed by atoms with E-state index in [-0.39, 0.29) is 11.8 Å². The lowest BCUT2D eigenvalue weighted by Crippen LogP contribution is -2.35. The van der Waals surface area contributed by atoms with Crippen LogP contribution in [-0.4, -0.2) is 38.2 Å². The molecule has 1 N–H and O–H groups in total. The van der Waals surface area contributed by atoms with Gasteiger partial charge in [0.1, 0.15) is 0 Å². The van der Waals surface area contributed by atoms with E-state index in [9.17, 15) is 5.11 Å². The molecule has 33 heavy (non-hydrogen) atoms. The van der Waals surface area contributed by atoms with Gasteiger partial charge in [-0.15, -0.1) is 0 Å². The number of pyridine rings is 1. The second kappa shape index (κ2) is 10.1. The van der Waals surface area contributed by atoms with Gasteiger partial charge in [-0.2, -0.15) is 4.98 Å². The Balaban J connectivity index is 1.25. The van der Waals surface area contributed by atoms with Crippen molar-refractivity contribution in [1.29, 1.82) is 0 Å². The maximum atomic E-state index is 10.7. The molecule has 0 unspecified atom stereocenters. The first kappa shape index (κ1) is 21.5. The van der Waals surface area contributed by atoms with Crippen molar-refractivity contribution >= 4 is 0 Å². The average molecular weight is 441 g/mol. The molecule has 6 heteroatoms. The van der Waals surface area contributed by atoms with E-state index in [0.29, 0.717) is 18.3 Å². The topological polar surface area (TPSA) is 75.3 Å². The Kier molecular flexibility index (Phi) is 6.56. The Morgan fingerprint density at radius 3 is 2.12 bits per heavy atom. The lowest BCUT2D eigenvalue weighted by Gasteiger charge is -2.33. The van der Waals surface area contributed by atoms with Crippen LogP contribution in [0, 0.1) is 5.92 Å². The van der Waals surface area contributed by atoms with Crippen LogP contribution >= 0.6 is 0 Å². The molecule has 1 saturated heterocycles. The fraction of sp³-hybridized carbons (Fsp3) is 0.296. The third-order valence-corrected chi connectivity index (χ3v) is 6.47. The molecule has 1 aliphatic heterocycles. The number of aliphatic hydroxyl groups excluding tert-OH is 1. The van der Waals surface area contributed by atoms with Crippen LogP contribution in [0.15, 0.2) is 89.7 Å². The molecule has 2 aromatic heterocycles. The molecular weight excluding hydrogens is 412 g/mol. The molecule has 0 saturated carbocycles. The summed E-state index contributed by atoms with van der Waals surface area (Å²) in [5.74, 6) is 1.49. The highest BCUT2D eigenvalue weighted by Gasteiger charge is 2.28. The van der Waals surface area contributed by atoms with Crippen molar-refractivity contribution in [1.82, 2.24) is 20.0 Å². The minimum Gasteiger partial charge on any atom is -0.388 e. The summed E-state index contributed by atoms with van der Waals surface area (Å²) >= 11 is 0. The number of aliphatic hydroxyl groups is 1. The van der Waals surface area contributed by atoms with Crippen LogP contribution in [-0.2, 0) is 6.54 Å². The van der Waals surface area contributed by atoms with Crippen molar-refractivity contribution < 1.29 is 9.63 Å². The SMILES string of the molecule is O[C@H](c1cccnc1)C1CCN(Cc2nc(C(c3ccccc3)c3ccccc3)no2)CC1. The van der Waals surface area contributed by atoms with Crippen LogP contribution in [0.5, 0.6) is 0 Å². The number of rotatable bonds is 7. The molecule has 0 radical (unpaired) electrons. The van der Waals surface area contributed by atoms with Crippen molar-refractivity contribution in [3.8, 4) is 0 Å². The van der Waals surface area contributed by atoms with E-state index in [2.05, 4.69) is 39.3 Å². The second-order valence-electron chi connectivity index (χ2n) is 8.65. The first-order valence-electron chi connectivity index (χ1n) is 11.5. The van der Waals surface area contributed by atoms with Crippen LogP contribution in [0.3, 0.4) is 0 Å². The highest BCUT2D eigenvalue weighted by molar-refractivity contribution is 5.37. The molecule has 2 aromatic carbocycles. The van der Waals surface area contributed by atoms with Crippen LogP contribution in [0.2, 0.25) is 0 Å². The summed E-state index contributed by atoms with van der Waals surface area (Å²) < 4.78 is 5.67. The van der Waals surface area contributed by atoms with Gasteiger partial charge in [0.05, 0.1) is 18.6 Å². The fourth-order valence-electron chi connectivity index (χ4n) is 4.67. The monoisotopic (exact) mass is 440 g/mol. The number of aromatic nitrogens is 3. The van der Waals surface area contributed by atoms with Gasteiger partial charge in [0.15, 0.2) is 5.82 Å². The zero-order valence-corrected chi connectivity index (χ0v) is 18.5. The summed E-state index contributed by atoms with van der Waals surface area (Å²) in [6, 6.07) is 24.4. The molecule has 0 amide bonds. The third-order valence-electron chi connectivity index (χ3n) is 6.47. The van der Waals surface area contributed by atoms with Gasteiger partial charge in [-0.3, -0.25) is 9.88 Å². The summed E-state index contributed by atoms with van der Waals surface area (Å²) in [7, 11) is 0. The molecule has 6 nitrogen and oxygen atoms in total. The minimum atomic E-state index is -0.464. The molecule has 0 spiro atoms. The Bertz CT molecular complexity index is 1090. The second-order valence-corrected chi connectivity index (χ2v) is 8.65. The Morgan fingerprint density at radius 2 is 1.52 bits per heavy atom. The molecule has 3 heterocycles. The number of piperidine rings is 1. The predicted octanol–water partition coefficient (Wildman–Crippen LogP) is 4.59. The number of benzene rings is 2. The molecule has 4 aromatic rings. The fourth-order valence-corrected chi connectivity index (χ4v) is 4.67. The summed E-state index contributed by atoms with van der Waals surface area (Å²) in [5, 5.41) is 15.1. The molecule has 168 valence electrons. The van der Waals surface area contributed by atoms with Crippen LogP contribution < -0.4 is 0 Å². The van der Waals surface area contributed by atoms with Gasteiger partial charge in [0.25, 0.3) is 0 Å². The largest absolute Gasteiger partial charge is 0.388 e. The Hall–Kier alpha value is -3.35. The van der Waals surface area contributed by atoms with E-state index >= 15 is 0 Å². The van der Waals surface area contributed by atoms with Gasteiger partial charge in [0.2, 0.25) is 5.89 Å². The molecule has 1 fully saturated rings. The molecule has 5 rings (SSSR count). The number of hydrogen-bond acceptors (Lipinski definition) is 6. The van der Waals surface area contributed by atoms with Crippen molar-refractivity contribution in [3.05, 3.63) is 114 Å². The normalized spacial score (nSPS) is 16.2. The molecule has 0 aliphatic carbocycles. The van der Waals surface area contributed by atoms with Gasteiger partial charge in [-0.25, -0.2) is 0 Å². The standard InChI is InChI=1S/C27H28N4O2/c32-26(23-12-7-15-28-18-23)22-13-16-31(17-14-22)19-24-29-27(30-33-24)25(20-8-3-1-4-9-20)21-10-5-2-6-11-21/h1-12,15,18,22,25-26,32H,13-14,16-17,19H2/t26-/m0/s1. The third kappa shape index (κ3) is 5.02. The van der Waals surface area contributed by atoms with E-state index in [0.717, 1.165) is 42.6 Å². The lowest BCUT2D eigenvalue weighted by molar-refractivity contribution is 0.0536. The molecule has 1 atom stereocenters. The highest BCUT2D eigenvalue weighted by atomic mass is 16.5. The van der Waals surface area contributed by atoms with Gasteiger partial charge >= 0.3 is 0 Å². The first-order valence-corrected chi connectivity index (χ1v) is 11.5. The summed E-state index contributed by atoms with van der Waals surface area (Å²) in [6.07, 6.45) is 4.87. The van der Waals surface area contributed by atoms with Crippen LogP contribution in [0.4, 0.5) is 0 Å². The predicted molar refractivity (Wildman–Crippen MR) is 125 cm³/mol. The first-order chi connectivity index (χ1) is 16.3. The van der Waals surface area contributed by atoms with Gasteiger partial charge in [-0.1, -0.05) is 71.9 Å². The van der Waals surface area contributed by atoms with Crippen LogP contribution in [0.25, 0.3) is 0 Å². The van der Waals surface area contributed by atoms with Crippen LogP contribution in [0.1, 0.15) is 53.3 Å². The van der Waals surface area contributed by atoms with Gasteiger partial charge < -0.3 is 9.63 Å². The van der Waals surface area contributed by atoms with E-state index < -0.39 is 6.10 Å². The van der Waals surface area contributed by atoms with Crippen molar-refractivity contribution in [2.75, 3.05) is 13.1 Å². The Labute approximate surface area is 193 Å². The van der Waals surface area contributed by atoms with Gasteiger partial charge in [-0.05, 0) is 54.6 Å². The highest BCUT2D eigenvalue weighted by Crippen LogP contribution is 2.32. The van der Waals surface area contributed by atoms with Crippen molar-refractivity contribution in [3.63, 3.8) is 0 Å². The number of likely N-dealkylation sites (tertiary alicyclic amines) is 1. The molecule has 0 bridgehead atoms. The van der Waals surface area contributed by atoms with E-state index in [4.69, 9.17) is 9.51 Å². The maximum Gasteiger partial charge on any atom is 0.240 e. The number of nitrogens with zero attached hydrogens (tertiary/aromatic N) is 4. The zero-order valence-electron chi connectivity index (χ0n) is 18.5. The minimum absolute atomic E-state index is 0.0646. The molecule has 1 aliphatic rings. The average Bonchev–Trinajstić information content (AvgIpc) is 3.34. The number of hydrogen-bond donors (Lipinski definition) is 1. The maximum absolute atomic E-state index is 10.7. The van der Waals surface area contributed by atoms with E-state index in [1.165, 1.54) is 0 Å². The summed E-state index contributed by atoms with van der Waals surface area (Å²) in [6.45, 7) is 2.40. The lowest BCUT2D eigenvalue weighted by atomic mass is 9.88.